The number of hydrogen-bond acceptors (Lipinski definition) is 8. The molecule has 9 heteroatoms. The molecule has 0 amide bonds. The first-order valence-electron chi connectivity index (χ1n) is 9.33. The SMILES string of the molecule is Cn1cc(-c2nc([C@@H]3COCCN3c3ccnc(-c4ccccc4)n3)no2)cn1. The average molecular weight is 389 g/mol. The van der Waals surface area contributed by atoms with Gasteiger partial charge in [0.2, 0.25) is 0 Å². The molecule has 1 aliphatic rings. The number of anilines is 1. The van der Waals surface area contributed by atoms with Gasteiger partial charge in [0, 0.05) is 31.5 Å². The van der Waals surface area contributed by atoms with Crippen molar-refractivity contribution in [3.05, 3.63) is 60.8 Å². The van der Waals surface area contributed by atoms with Crippen LogP contribution in [-0.2, 0) is 11.8 Å². The third kappa shape index (κ3) is 3.47. The normalized spacial score (nSPS) is 16.9. The highest BCUT2D eigenvalue weighted by Gasteiger charge is 2.30. The summed E-state index contributed by atoms with van der Waals surface area (Å²) in [6, 6.07) is 11.6. The van der Waals surface area contributed by atoms with E-state index in [2.05, 4.69) is 25.1 Å². The van der Waals surface area contributed by atoms with Gasteiger partial charge >= 0.3 is 0 Å². The maximum absolute atomic E-state index is 5.70. The van der Waals surface area contributed by atoms with Gasteiger partial charge in [-0.3, -0.25) is 4.68 Å². The maximum Gasteiger partial charge on any atom is 0.261 e. The van der Waals surface area contributed by atoms with Gasteiger partial charge < -0.3 is 14.2 Å². The van der Waals surface area contributed by atoms with E-state index in [1.54, 1.807) is 17.1 Å². The third-order valence-corrected chi connectivity index (χ3v) is 4.79. The van der Waals surface area contributed by atoms with Crippen LogP contribution in [0.5, 0.6) is 0 Å². The number of ether oxygens (including phenoxy) is 1. The van der Waals surface area contributed by atoms with E-state index >= 15 is 0 Å². The minimum absolute atomic E-state index is 0.198. The van der Waals surface area contributed by atoms with Crippen molar-refractivity contribution in [3.63, 3.8) is 0 Å². The highest BCUT2D eigenvalue weighted by Crippen LogP contribution is 2.29. The van der Waals surface area contributed by atoms with Gasteiger partial charge in [0.05, 0.1) is 25.0 Å². The Hall–Kier alpha value is -3.59. The Bertz CT molecular complexity index is 1110. The summed E-state index contributed by atoms with van der Waals surface area (Å²) in [6.07, 6.45) is 5.31. The molecule has 4 aromatic rings. The molecule has 9 nitrogen and oxygen atoms in total. The molecule has 0 spiro atoms. The van der Waals surface area contributed by atoms with Crippen molar-refractivity contribution in [3.8, 4) is 22.8 Å². The second-order valence-electron chi connectivity index (χ2n) is 6.75. The minimum Gasteiger partial charge on any atom is -0.377 e. The van der Waals surface area contributed by atoms with E-state index in [-0.39, 0.29) is 6.04 Å². The molecule has 0 unspecified atom stereocenters. The van der Waals surface area contributed by atoms with Crippen molar-refractivity contribution in [2.45, 2.75) is 6.04 Å². The van der Waals surface area contributed by atoms with Crippen molar-refractivity contribution in [2.24, 2.45) is 7.05 Å². The molecule has 1 saturated heterocycles. The number of aryl methyl sites for hydroxylation is 1. The van der Waals surface area contributed by atoms with Crippen molar-refractivity contribution < 1.29 is 9.26 Å². The van der Waals surface area contributed by atoms with Crippen molar-refractivity contribution in [1.82, 2.24) is 29.9 Å². The summed E-state index contributed by atoms with van der Waals surface area (Å²) < 4.78 is 12.9. The summed E-state index contributed by atoms with van der Waals surface area (Å²) >= 11 is 0. The standard InChI is InChI=1S/C20H19N7O2/c1-26-12-15(11-22-26)20-24-19(25-29-20)16-13-28-10-9-27(16)17-7-8-21-18(23-17)14-5-3-2-4-6-14/h2-8,11-12,16H,9-10,13H2,1H3/t16-/m0/s1. The van der Waals surface area contributed by atoms with E-state index < -0.39 is 0 Å². The zero-order chi connectivity index (χ0) is 19.6. The Balaban J connectivity index is 1.46. The molecule has 0 bridgehead atoms. The number of hydrogen-bond donors (Lipinski definition) is 0. The molecule has 4 heterocycles. The summed E-state index contributed by atoms with van der Waals surface area (Å²) in [4.78, 5) is 15.9. The number of morpholine rings is 1. The fourth-order valence-electron chi connectivity index (χ4n) is 3.35. The average Bonchev–Trinajstić information content (AvgIpc) is 3.44. The summed E-state index contributed by atoms with van der Waals surface area (Å²) in [5.41, 5.74) is 1.75. The van der Waals surface area contributed by atoms with Crippen LogP contribution in [0, 0.1) is 0 Å². The molecule has 3 aromatic heterocycles. The molecule has 0 radical (unpaired) electrons. The molecule has 0 aliphatic carbocycles. The molecule has 0 N–H and O–H groups in total. The molecule has 5 rings (SSSR count). The fraction of sp³-hybridized carbons (Fsp3) is 0.250. The largest absolute Gasteiger partial charge is 0.377 e. The van der Waals surface area contributed by atoms with Crippen LogP contribution in [0.15, 0.2) is 59.5 Å². The molecule has 146 valence electrons. The summed E-state index contributed by atoms with van der Waals surface area (Å²) in [6.45, 7) is 1.73. The summed E-state index contributed by atoms with van der Waals surface area (Å²) in [5.74, 6) is 2.48. The Morgan fingerprint density at radius 3 is 2.79 bits per heavy atom. The third-order valence-electron chi connectivity index (χ3n) is 4.79. The fourth-order valence-corrected chi connectivity index (χ4v) is 3.35. The zero-order valence-corrected chi connectivity index (χ0v) is 15.8. The Morgan fingerprint density at radius 1 is 1.07 bits per heavy atom. The maximum atomic E-state index is 5.70. The van der Waals surface area contributed by atoms with Crippen LogP contribution in [0.3, 0.4) is 0 Å². The minimum atomic E-state index is -0.198. The van der Waals surface area contributed by atoms with Crippen molar-refractivity contribution >= 4 is 5.82 Å². The Kier molecular flexibility index (Phi) is 4.49. The lowest BCUT2D eigenvalue weighted by molar-refractivity contribution is 0.0905. The molecular formula is C20H19N7O2. The van der Waals surface area contributed by atoms with Gasteiger partial charge in [-0.15, -0.1) is 0 Å². The number of nitrogens with zero attached hydrogens (tertiary/aromatic N) is 7. The van der Waals surface area contributed by atoms with Crippen molar-refractivity contribution in [1.29, 1.82) is 0 Å². The van der Waals surface area contributed by atoms with Gasteiger partial charge in [-0.25, -0.2) is 9.97 Å². The number of aromatic nitrogens is 6. The highest BCUT2D eigenvalue weighted by atomic mass is 16.5. The van der Waals surface area contributed by atoms with Crippen LogP contribution in [0.2, 0.25) is 0 Å². The van der Waals surface area contributed by atoms with E-state index in [0.29, 0.717) is 37.3 Å². The van der Waals surface area contributed by atoms with Gasteiger partial charge in [-0.1, -0.05) is 35.5 Å². The Labute approximate surface area is 167 Å². The smallest absolute Gasteiger partial charge is 0.261 e. The molecule has 0 saturated carbocycles. The van der Waals surface area contributed by atoms with Crippen LogP contribution in [0.25, 0.3) is 22.8 Å². The molecular weight excluding hydrogens is 370 g/mol. The van der Waals surface area contributed by atoms with Crippen LogP contribution in [-0.4, -0.2) is 49.6 Å². The zero-order valence-electron chi connectivity index (χ0n) is 15.8. The van der Waals surface area contributed by atoms with Gasteiger partial charge in [-0.2, -0.15) is 10.1 Å². The predicted molar refractivity (Wildman–Crippen MR) is 105 cm³/mol. The molecule has 1 fully saturated rings. The second kappa shape index (κ2) is 7.44. The quantitative estimate of drug-likeness (QED) is 0.525. The number of benzene rings is 1. The topological polar surface area (TPSA) is 95.0 Å². The van der Waals surface area contributed by atoms with Crippen molar-refractivity contribution in [2.75, 3.05) is 24.7 Å². The molecule has 29 heavy (non-hydrogen) atoms. The van der Waals surface area contributed by atoms with E-state index in [9.17, 15) is 0 Å². The van der Waals surface area contributed by atoms with Gasteiger partial charge in [-0.05, 0) is 6.07 Å². The molecule has 1 aromatic carbocycles. The highest BCUT2D eigenvalue weighted by molar-refractivity contribution is 5.57. The molecule has 1 atom stereocenters. The first-order valence-corrected chi connectivity index (χ1v) is 9.33. The van der Waals surface area contributed by atoms with E-state index in [0.717, 1.165) is 16.9 Å². The van der Waals surface area contributed by atoms with Gasteiger partial charge in [0.1, 0.15) is 11.9 Å². The lowest BCUT2D eigenvalue weighted by Crippen LogP contribution is -2.40. The summed E-state index contributed by atoms with van der Waals surface area (Å²) in [7, 11) is 1.84. The summed E-state index contributed by atoms with van der Waals surface area (Å²) in [5, 5.41) is 8.35. The van der Waals surface area contributed by atoms with E-state index in [4.69, 9.17) is 14.2 Å². The Morgan fingerprint density at radius 2 is 1.97 bits per heavy atom. The predicted octanol–water partition coefficient (Wildman–Crippen LogP) is 2.51. The van der Waals surface area contributed by atoms with E-state index in [1.807, 2.05) is 49.6 Å². The molecule has 1 aliphatic heterocycles. The van der Waals surface area contributed by atoms with Crippen LogP contribution >= 0.6 is 0 Å². The van der Waals surface area contributed by atoms with Crippen LogP contribution in [0.4, 0.5) is 5.82 Å². The number of rotatable bonds is 4. The van der Waals surface area contributed by atoms with Gasteiger partial charge in [0.15, 0.2) is 11.6 Å². The van der Waals surface area contributed by atoms with Gasteiger partial charge in [0.25, 0.3) is 5.89 Å². The first kappa shape index (κ1) is 17.5. The van der Waals surface area contributed by atoms with E-state index in [1.165, 1.54) is 0 Å². The lowest BCUT2D eigenvalue weighted by Gasteiger charge is -2.34. The van der Waals surface area contributed by atoms with Crippen LogP contribution in [0.1, 0.15) is 11.9 Å². The second-order valence-corrected chi connectivity index (χ2v) is 6.75. The van der Waals surface area contributed by atoms with Crippen LogP contribution < -0.4 is 4.90 Å². The monoisotopic (exact) mass is 389 g/mol. The first-order chi connectivity index (χ1) is 14.3. The lowest BCUT2D eigenvalue weighted by atomic mass is 10.2.